The molecule has 0 aliphatic carbocycles. The van der Waals surface area contributed by atoms with Crippen molar-refractivity contribution in [3.8, 4) is 0 Å². The third kappa shape index (κ3) is 9.46. The Bertz CT molecular complexity index is 207. The summed E-state index contributed by atoms with van der Waals surface area (Å²) in [5.74, 6) is 0. The number of halogens is 2. The molecule has 75 valence electrons. The Morgan fingerprint density at radius 2 is 1.79 bits per heavy atom. The highest BCUT2D eigenvalue weighted by Gasteiger charge is 1.88. The van der Waals surface area contributed by atoms with E-state index in [4.69, 9.17) is 4.74 Å². The van der Waals surface area contributed by atoms with E-state index in [1.165, 1.54) is 5.56 Å². The fourth-order valence-corrected chi connectivity index (χ4v) is 0.866. The van der Waals surface area contributed by atoms with Crippen LogP contribution in [0.15, 0.2) is 30.3 Å². The maximum atomic E-state index is 5.31. The van der Waals surface area contributed by atoms with E-state index >= 15 is 0 Å². The summed E-state index contributed by atoms with van der Waals surface area (Å²) in [5.41, 5.74) is 1.22. The molecular formula is C10H13Br2MgO. The van der Waals surface area contributed by atoms with Crippen molar-refractivity contribution < 1.29 is 4.74 Å². The Hall–Kier alpha value is 0.906. The first-order valence-electron chi connectivity index (χ1n) is 4.38. The van der Waals surface area contributed by atoms with Crippen LogP contribution in [0.1, 0.15) is 12.0 Å². The molecule has 1 nitrogen and oxygen atoms in total. The van der Waals surface area contributed by atoms with Crippen LogP contribution in [0.2, 0.25) is 0 Å². The topological polar surface area (TPSA) is 9.23 Å². The molecule has 4 heteroatoms. The largest absolute Gasteiger partial charge is 0.560 e. The molecule has 0 spiro atoms. The van der Waals surface area contributed by atoms with Crippen molar-refractivity contribution in [2.45, 2.75) is 13.0 Å². The van der Waals surface area contributed by atoms with Gasteiger partial charge in [-0.2, -0.15) is 0 Å². The Balaban J connectivity index is 0.000000500. The lowest BCUT2D eigenvalue weighted by Gasteiger charge is -2.00. The molecule has 0 amide bonds. The number of rotatable bonds is 4. The van der Waals surface area contributed by atoms with Crippen LogP contribution in [0.25, 0.3) is 0 Å². The third-order valence-corrected chi connectivity index (χ3v) is 1.40. The van der Waals surface area contributed by atoms with Gasteiger partial charge < -0.3 is 4.74 Å². The Morgan fingerprint density at radius 1 is 1.21 bits per heavy atom. The van der Waals surface area contributed by atoms with Crippen molar-refractivity contribution >= 4 is 41.8 Å². The standard InChI is InChI=1S/C10H13O.2BrH.Mg/c1-2-8-11-9-10-6-4-3-5-7-10;;;/h3-7H,1-2,8-9H2;2*1H;/q;;;+2/p-2. The van der Waals surface area contributed by atoms with Crippen molar-refractivity contribution in [3.05, 3.63) is 42.8 Å². The zero-order valence-electron chi connectivity index (χ0n) is 8.09. The second kappa shape index (κ2) is 12.0. The van der Waals surface area contributed by atoms with Crippen LogP contribution in [0.5, 0.6) is 0 Å². The molecule has 0 aliphatic heterocycles. The molecule has 0 N–H and O–H groups in total. The van der Waals surface area contributed by atoms with Crippen molar-refractivity contribution in [1.29, 1.82) is 0 Å². The first-order valence-corrected chi connectivity index (χ1v) is 12.2. The van der Waals surface area contributed by atoms with Crippen molar-refractivity contribution in [2.24, 2.45) is 0 Å². The number of benzene rings is 1. The molecule has 0 unspecified atom stereocenters. The fraction of sp³-hybridized carbons (Fsp3) is 0.300. The lowest BCUT2D eigenvalue weighted by molar-refractivity contribution is 0.125. The first kappa shape index (κ1) is 14.9. The lowest BCUT2D eigenvalue weighted by atomic mass is 10.2. The SMILES string of the molecule is [Br][Mg][Br].[CH2]CCOCc1ccccc1. The van der Waals surface area contributed by atoms with E-state index in [1.54, 1.807) is 0 Å². The van der Waals surface area contributed by atoms with Gasteiger partial charge in [-0.1, -0.05) is 37.3 Å². The Morgan fingerprint density at radius 3 is 2.29 bits per heavy atom. The molecule has 1 radical (unpaired) electrons. The van der Waals surface area contributed by atoms with E-state index in [0.29, 0.717) is 6.61 Å². The summed E-state index contributed by atoms with van der Waals surface area (Å²) in [7, 11) is 0. The van der Waals surface area contributed by atoms with Gasteiger partial charge in [0.2, 0.25) is 0 Å². The van der Waals surface area contributed by atoms with Crippen molar-refractivity contribution in [3.63, 3.8) is 0 Å². The molecule has 14 heavy (non-hydrogen) atoms. The molecule has 0 saturated carbocycles. The monoisotopic (exact) mass is 331 g/mol. The summed E-state index contributed by atoms with van der Waals surface area (Å²) in [5, 5.41) is 0. The van der Waals surface area contributed by atoms with Crippen LogP contribution in [-0.2, 0) is 11.3 Å². The van der Waals surface area contributed by atoms with Crippen LogP contribution in [0.4, 0.5) is 0 Å². The van der Waals surface area contributed by atoms with Gasteiger partial charge in [0.15, 0.2) is 0 Å². The van der Waals surface area contributed by atoms with E-state index in [9.17, 15) is 0 Å². The molecule has 0 aliphatic rings. The summed E-state index contributed by atoms with van der Waals surface area (Å²) in [6.45, 7) is 5.14. The number of hydrogen-bond donors (Lipinski definition) is 0. The highest BCUT2D eigenvalue weighted by Crippen LogP contribution is 2.00. The van der Waals surface area contributed by atoms with Crippen LogP contribution < -0.4 is 0 Å². The Kier molecular flexibility index (Phi) is 12.8. The summed E-state index contributed by atoms with van der Waals surface area (Å²) in [4.78, 5) is 0. The van der Waals surface area contributed by atoms with Gasteiger partial charge in [0.05, 0.1) is 6.61 Å². The minimum Gasteiger partial charge on any atom is -0.377 e. The van der Waals surface area contributed by atoms with Gasteiger partial charge in [0.25, 0.3) is 0 Å². The van der Waals surface area contributed by atoms with Crippen LogP contribution in [0.3, 0.4) is 0 Å². The highest BCUT2D eigenvalue weighted by atomic mass is 79.9. The van der Waals surface area contributed by atoms with Gasteiger partial charge in [-0.15, -0.1) is 0 Å². The summed E-state index contributed by atoms with van der Waals surface area (Å²) in [6.07, 6.45) is 0.840. The fourth-order valence-electron chi connectivity index (χ4n) is 0.866. The smallest absolute Gasteiger partial charge is 0.377 e. The van der Waals surface area contributed by atoms with Gasteiger partial charge in [0.1, 0.15) is 0 Å². The molecule has 0 aromatic heterocycles. The van der Waals surface area contributed by atoms with Gasteiger partial charge in [-0.05, 0) is 12.0 Å². The van der Waals surface area contributed by atoms with Crippen LogP contribution in [-0.4, -0.2) is 22.6 Å². The third-order valence-electron chi connectivity index (χ3n) is 1.40. The molecule has 1 rings (SSSR count). The molecule has 0 fully saturated rings. The second-order valence-electron chi connectivity index (χ2n) is 2.49. The summed E-state index contributed by atoms with van der Waals surface area (Å²) < 4.78 is 5.31. The first-order chi connectivity index (χ1) is 6.85. The van der Waals surface area contributed by atoms with Crippen LogP contribution in [0, 0.1) is 6.92 Å². The van der Waals surface area contributed by atoms with Crippen molar-refractivity contribution in [1.82, 2.24) is 0 Å². The quantitative estimate of drug-likeness (QED) is 0.602. The molecular weight excluding hydrogens is 320 g/mol. The molecule has 1 aromatic carbocycles. The normalized spacial score (nSPS) is 8.50. The predicted molar refractivity (Wildman–Crippen MR) is 69.7 cm³/mol. The van der Waals surface area contributed by atoms with Gasteiger partial charge >= 0.3 is 16.0 Å². The minimum atomic E-state index is 0.0417. The van der Waals surface area contributed by atoms with E-state index in [-0.39, 0.29) is 16.0 Å². The second-order valence-corrected chi connectivity index (χ2v) is 10.6. The molecule has 0 heterocycles. The number of ether oxygens (including phenoxy) is 1. The zero-order chi connectivity index (χ0) is 10.6. The maximum absolute atomic E-state index is 5.31. The van der Waals surface area contributed by atoms with E-state index < -0.39 is 0 Å². The maximum Gasteiger partial charge on any atom is 0.560 e. The van der Waals surface area contributed by atoms with Gasteiger partial charge in [-0.25, -0.2) is 0 Å². The predicted octanol–water partition coefficient (Wildman–Crippen LogP) is 3.74. The molecule has 0 saturated heterocycles. The average Bonchev–Trinajstić information content (AvgIpc) is 2.21. The van der Waals surface area contributed by atoms with E-state index in [0.717, 1.165) is 13.0 Å². The molecule has 0 bridgehead atoms. The van der Waals surface area contributed by atoms with E-state index in [2.05, 4.69) is 44.8 Å². The van der Waals surface area contributed by atoms with Gasteiger partial charge in [0, 0.05) is 6.61 Å². The summed E-state index contributed by atoms with van der Waals surface area (Å²) >= 11 is 6.44. The Labute approximate surface area is 108 Å². The molecule has 1 aromatic rings. The van der Waals surface area contributed by atoms with E-state index in [1.807, 2.05) is 18.2 Å². The minimum absolute atomic E-state index is 0.0417. The lowest BCUT2D eigenvalue weighted by Crippen LogP contribution is -1.92. The van der Waals surface area contributed by atoms with Gasteiger partial charge in [-0.3, -0.25) is 25.8 Å². The zero-order valence-corrected chi connectivity index (χ0v) is 12.7. The highest BCUT2D eigenvalue weighted by molar-refractivity contribution is 9.47. The van der Waals surface area contributed by atoms with Crippen LogP contribution >= 0.6 is 25.8 Å². The molecule has 0 atom stereocenters. The number of hydrogen-bond acceptors (Lipinski definition) is 1. The van der Waals surface area contributed by atoms with Crippen molar-refractivity contribution in [2.75, 3.05) is 6.61 Å². The average molecular weight is 333 g/mol. The summed E-state index contributed by atoms with van der Waals surface area (Å²) in [6, 6.07) is 10.2.